The number of hydrogen-bond acceptors (Lipinski definition) is 14. The minimum Gasteiger partial charge on any atom is -0.479 e. The minimum atomic E-state index is -0.652. The molecule has 0 spiro atoms. The molecule has 0 aliphatic carbocycles. The summed E-state index contributed by atoms with van der Waals surface area (Å²) in [6.07, 6.45) is 5.10. The predicted octanol–water partition coefficient (Wildman–Crippen LogP) is 16.1. The van der Waals surface area contributed by atoms with Crippen molar-refractivity contribution in [3.05, 3.63) is 204 Å². The van der Waals surface area contributed by atoms with Crippen molar-refractivity contribution in [2.45, 2.75) is 83.1 Å². The molecule has 91 heavy (non-hydrogen) atoms. The van der Waals surface area contributed by atoms with Gasteiger partial charge in [0.15, 0.2) is 34.6 Å². The first-order valence-corrected chi connectivity index (χ1v) is 30.6. The number of H-pyrrole nitrogens is 1. The quantitative estimate of drug-likeness (QED) is 0.0507. The number of nitrogens with zero attached hydrogens (tertiary/aromatic N) is 10. The molecule has 1 fully saturated rings. The molecule has 0 bridgehead atoms. The SMILES string of the molecule is CC(C)C(=O)C1CN(c2cc(Cl)ccc2[N+](=O)[O-])C1.CC(C)C(=O)c1cc(-c2cccc(Cl)c2)n[nH]1.COc1c(C(=O)C(C)C)nnn1-c1cccc(Cl)c1F.Cc1c(C(=O)C(C)C)cnn1-c1cccc(Cl)c1.Cc1cccc(-n2cnc(C(=O)C(C)C)c2)c1. The number of halogens is 5. The highest BCUT2D eigenvalue weighted by Gasteiger charge is 2.36. The van der Waals surface area contributed by atoms with Crippen molar-refractivity contribution >= 4 is 86.7 Å². The van der Waals surface area contributed by atoms with Crippen LogP contribution in [0.2, 0.25) is 20.1 Å². The summed E-state index contributed by atoms with van der Waals surface area (Å²) in [6.45, 7) is 23.5. The molecular formula is C67H72Cl4FN11O8. The molecule has 4 aromatic heterocycles. The van der Waals surface area contributed by atoms with Gasteiger partial charge in [0.2, 0.25) is 5.88 Å². The number of methoxy groups -OCH3 is 1. The van der Waals surface area contributed by atoms with Gasteiger partial charge in [-0.1, -0.05) is 157 Å². The first-order chi connectivity index (χ1) is 43.0. The largest absolute Gasteiger partial charge is 0.479 e. The van der Waals surface area contributed by atoms with Gasteiger partial charge < -0.3 is 14.2 Å². The number of ether oxygens (including phenoxy) is 1. The topological polar surface area (TPSA) is 236 Å². The third-order valence-electron chi connectivity index (χ3n) is 14.1. The van der Waals surface area contributed by atoms with Gasteiger partial charge in [-0.2, -0.15) is 14.9 Å². The Hall–Kier alpha value is -8.69. The average molecular weight is 1320 g/mol. The standard InChI is InChI=1S/C14H15ClN2O.C14H16N2O.C13H13ClFN3O2.C13H15ClN2O3.C13H13ClN2O/c1-9(2)14(18)13-8-16-17(10(13)3)12-6-4-5-11(15)7-12;1-10(2)14(17)13-8-16(9-15-13)12-6-4-5-11(3)7-12;1-7(2)12(19)11-13(20-3)18(17-16-11)9-6-4-5-8(14)10(9)15;1-8(2)13(17)9-6-15(7-9)12-5-10(14)3-4-11(12)16(18)19;1-8(2)13(17)12-7-11(15-16-12)9-4-3-5-10(14)6-9/h4-9H,1-3H3;4-10H,1-3H3;4-7H,1-3H3;3-5,8-9H,6-7H2,1-2H3;3-8H,1-2H3,(H,15,16). The molecule has 19 nitrogen and oxygen atoms in total. The van der Waals surface area contributed by atoms with E-state index in [9.17, 15) is 38.5 Å². The van der Waals surface area contributed by atoms with E-state index in [1.165, 1.54) is 36.9 Å². The lowest BCUT2D eigenvalue weighted by atomic mass is 9.88. The molecule has 1 saturated heterocycles. The summed E-state index contributed by atoms with van der Waals surface area (Å²) in [6, 6.07) is 33.6. The van der Waals surface area contributed by atoms with E-state index in [1.807, 2.05) is 139 Å². The lowest BCUT2D eigenvalue weighted by Gasteiger charge is -2.40. The van der Waals surface area contributed by atoms with Gasteiger partial charge in [-0.15, -0.1) is 5.10 Å². The number of imidazole rings is 1. The van der Waals surface area contributed by atoms with Gasteiger partial charge in [0, 0.05) is 81.3 Å². The summed E-state index contributed by atoms with van der Waals surface area (Å²) in [5.74, 6) is -0.706. The Morgan fingerprint density at radius 1 is 0.670 bits per heavy atom. The Bertz CT molecular complexity index is 3950. The molecule has 0 radical (unpaired) electrons. The van der Waals surface area contributed by atoms with E-state index in [0.717, 1.165) is 33.0 Å². The lowest BCUT2D eigenvalue weighted by Crippen LogP contribution is -2.51. The first kappa shape index (κ1) is 71.4. The summed E-state index contributed by atoms with van der Waals surface area (Å²) in [4.78, 5) is 75.9. The van der Waals surface area contributed by atoms with Crippen LogP contribution < -0.4 is 9.64 Å². The highest BCUT2D eigenvalue weighted by Crippen LogP contribution is 2.36. The summed E-state index contributed by atoms with van der Waals surface area (Å²) >= 11 is 23.5. The van der Waals surface area contributed by atoms with Crippen LogP contribution in [-0.2, 0) is 4.79 Å². The number of rotatable bonds is 17. The van der Waals surface area contributed by atoms with E-state index >= 15 is 0 Å². The van der Waals surface area contributed by atoms with Gasteiger partial charge in [0.05, 0.1) is 51.8 Å². The van der Waals surface area contributed by atoms with Gasteiger partial charge in [-0.25, -0.2) is 14.1 Å². The van der Waals surface area contributed by atoms with Gasteiger partial charge in [0.1, 0.15) is 34.9 Å². The number of Topliss-reactive ketones (excluding diaryl/α,β-unsaturated/α-hetero) is 5. The smallest absolute Gasteiger partial charge is 0.292 e. The van der Waals surface area contributed by atoms with Crippen molar-refractivity contribution in [3.63, 3.8) is 0 Å². The number of nitro groups is 1. The average Bonchev–Trinajstić information content (AvgIpc) is 1.30. The summed E-state index contributed by atoms with van der Waals surface area (Å²) < 4.78 is 23.9. The van der Waals surface area contributed by atoms with Gasteiger partial charge >= 0.3 is 0 Å². The fourth-order valence-electron chi connectivity index (χ4n) is 8.99. The number of hydrogen-bond donors (Lipinski definition) is 1. The van der Waals surface area contributed by atoms with Gasteiger partial charge in [-0.05, 0) is 92.2 Å². The maximum atomic E-state index is 14.0. The monoisotopic (exact) mass is 1320 g/mol. The number of aryl methyl sites for hydroxylation is 1. The predicted molar refractivity (Wildman–Crippen MR) is 354 cm³/mol. The molecule has 10 rings (SSSR count). The van der Waals surface area contributed by atoms with Crippen molar-refractivity contribution in [1.82, 2.24) is 44.5 Å². The van der Waals surface area contributed by atoms with E-state index < -0.39 is 10.7 Å². The van der Waals surface area contributed by atoms with Crippen LogP contribution in [0.15, 0.2) is 134 Å². The van der Waals surface area contributed by atoms with Crippen LogP contribution in [-0.4, -0.2) is 98.6 Å². The maximum absolute atomic E-state index is 14.0. The first-order valence-electron chi connectivity index (χ1n) is 29.1. The van der Waals surface area contributed by atoms with Crippen LogP contribution in [0.3, 0.4) is 0 Å². The fraction of sp³-hybridized carbons (Fsp3) is 0.313. The molecule has 1 N–H and O–H groups in total. The summed E-state index contributed by atoms with van der Waals surface area (Å²) in [7, 11) is 1.37. The number of carbonyl (C=O) groups is 5. The number of carbonyl (C=O) groups excluding carboxylic acids is 5. The number of aromatic amines is 1. The highest BCUT2D eigenvalue weighted by atomic mass is 35.5. The maximum Gasteiger partial charge on any atom is 0.292 e. The number of nitrogens with one attached hydrogen (secondary N) is 1. The molecule has 1 aliphatic rings. The Kier molecular flexibility index (Phi) is 25.4. The Labute approximate surface area is 548 Å². The molecule has 5 aromatic carbocycles. The van der Waals surface area contributed by atoms with Gasteiger partial charge in [0.25, 0.3) is 5.69 Å². The summed E-state index contributed by atoms with van der Waals surface area (Å²) in [5, 5.41) is 31.4. The number of ketones is 5. The second-order valence-corrected chi connectivity index (χ2v) is 24.5. The van der Waals surface area contributed by atoms with Crippen molar-refractivity contribution < 1.29 is 38.0 Å². The number of anilines is 1. The van der Waals surface area contributed by atoms with Crippen LogP contribution in [0.5, 0.6) is 5.88 Å². The number of nitro benzene ring substituents is 1. The summed E-state index contributed by atoms with van der Waals surface area (Å²) in [5.41, 5.74) is 7.96. The Morgan fingerprint density at radius 3 is 1.87 bits per heavy atom. The van der Waals surface area contributed by atoms with Crippen LogP contribution in [0.1, 0.15) is 122 Å². The van der Waals surface area contributed by atoms with E-state index in [1.54, 1.807) is 61.5 Å². The van der Waals surface area contributed by atoms with E-state index in [-0.39, 0.29) is 92.4 Å². The van der Waals surface area contributed by atoms with E-state index in [0.29, 0.717) is 50.8 Å². The van der Waals surface area contributed by atoms with Crippen LogP contribution in [0, 0.1) is 65.3 Å². The molecular weight excluding hydrogens is 1250 g/mol. The molecule has 9 aromatic rings. The zero-order chi connectivity index (χ0) is 67.1. The zero-order valence-electron chi connectivity index (χ0n) is 52.7. The van der Waals surface area contributed by atoms with E-state index in [2.05, 4.69) is 36.7 Å². The van der Waals surface area contributed by atoms with Crippen LogP contribution in [0.4, 0.5) is 15.8 Å². The third-order valence-corrected chi connectivity index (χ3v) is 15.1. The molecule has 0 amide bonds. The fourth-order valence-corrected chi connectivity index (χ4v) is 9.70. The molecule has 1 aliphatic heterocycles. The third kappa shape index (κ3) is 18.5. The van der Waals surface area contributed by atoms with Crippen molar-refractivity contribution in [3.8, 4) is 34.2 Å². The molecule has 0 saturated carbocycles. The molecule has 24 heteroatoms. The highest BCUT2D eigenvalue weighted by molar-refractivity contribution is 6.32. The second kappa shape index (κ2) is 32.4. The minimum absolute atomic E-state index is 0.00139. The normalized spacial score (nSPS) is 11.8. The molecule has 5 heterocycles. The number of benzene rings is 5. The zero-order valence-corrected chi connectivity index (χ0v) is 55.7. The lowest BCUT2D eigenvalue weighted by molar-refractivity contribution is -0.384. The van der Waals surface area contributed by atoms with Crippen molar-refractivity contribution in [2.24, 2.45) is 35.5 Å². The van der Waals surface area contributed by atoms with Crippen molar-refractivity contribution in [1.29, 1.82) is 0 Å². The van der Waals surface area contributed by atoms with Crippen molar-refractivity contribution in [2.75, 3.05) is 25.1 Å². The Morgan fingerprint density at radius 2 is 1.27 bits per heavy atom. The molecule has 478 valence electrons. The van der Waals surface area contributed by atoms with E-state index in [4.69, 9.17) is 51.1 Å². The molecule has 0 unspecified atom stereocenters. The number of aromatic nitrogens is 9. The Balaban J connectivity index is 0.000000181. The second-order valence-electron chi connectivity index (χ2n) is 22.8. The van der Waals surface area contributed by atoms with Crippen LogP contribution >= 0.6 is 46.4 Å². The van der Waals surface area contributed by atoms with Crippen LogP contribution in [0.25, 0.3) is 28.3 Å². The molecule has 0 atom stereocenters. The van der Waals surface area contributed by atoms with Gasteiger partial charge in [-0.3, -0.25) is 39.2 Å².